The number of nitrogens with zero attached hydrogens (tertiary/aromatic N) is 2. The van der Waals surface area contributed by atoms with Crippen LogP contribution in [0.1, 0.15) is 30.2 Å². The Bertz CT molecular complexity index is 920. The van der Waals surface area contributed by atoms with Gasteiger partial charge in [-0.1, -0.05) is 24.3 Å². The Kier molecular flexibility index (Phi) is 5.58. The van der Waals surface area contributed by atoms with Gasteiger partial charge in [-0.15, -0.1) is 0 Å². The summed E-state index contributed by atoms with van der Waals surface area (Å²) in [4.78, 5) is 19.2. The van der Waals surface area contributed by atoms with Crippen LogP contribution in [0.15, 0.2) is 52.9 Å². The monoisotopic (exact) mass is 379 g/mol. The molecule has 146 valence electrons. The third-order valence-electron chi connectivity index (χ3n) is 5.16. The Morgan fingerprint density at radius 2 is 2.18 bits per heavy atom. The molecule has 0 spiro atoms. The van der Waals surface area contributed by atoms with E-state index < -0.39 is 0 Å². The van der Waals surface area contributed by atoms with E-state index in [9.17, 15) is 4.79 Å². The highest BCUT2D eigenvalue weighted by Crippen LogP contribution is 2.28. The maximum atomic E-state index is 12.4. The summed E-state index contributed by atoms with van der Waals surface area (Å²) in [7, 11) is 1.64. The zero-order chi connectivity index (χ0) is 19.3. The second-order valence-electron chi connectivity index (χ2n) is 7.22. The van der Waals surface area contributed by atoms with Gasteiger partial charge in [-0.2, -0.15) is 0 Å². The van der Waals surface area contributed by atoms with Crippen molar-refractivity contribution < 1.29 is 13.9 Å². The number of nitrogens with one attached hydrogen (secondary N) is 1. The Hall–Kier alpha value is -2.86. The fraction of sp³-hybridized carbons (Fsp3) is 0.364. The van der Waals surface area contributed by atoms with Crippen LogP contribution in [0.25, 0.3) is 11.1 Å². The number of benzene rings is 2. The minimum Gasteiger partial charge on any atom is -0.497 e. The van der Waals surface area contributed by atoms with E-state index in [1.54, 1.807) is 7.11 Å². The standard InChI is InChI=1S/C22H25N3O3/c1-27-18-8-4-6-16(12-18)13-23-21(26)15-25-11-5-7-17(14-25)22-24-19-9-2-3-10-20(19)28-22/h2-4,6,8-10,12,17H,5,7,11,13-15H2,1H3,(H,23,26). The van der Waals surface area contributed by atoms with E-state index in [2.05, 4.69) is 15.2 Å². The number of carbonyl (C=O) groups is 1. The molecule has 28 heavy (non-hydrogen) atoms. The minimum absolute atomic E-state index is 0.0287. The third kappa shape index (κ3) is 4.34. The number of methoxy groups -OCH3 is 1. The fourth-order valence-corrected chi connectivity index (χ4v) is 3.71. The van der Waals surface area contributed by atoms with E-state index in [4.69, 9.17) is 9.15 Å². The summed E-state index contributed by atoms with van der Waals surface area (Å²) in [5.74, 6) is 1.83. The lowest BCUT2D eigenvalue weighted by molar-refractivity contribution is -0.122. The van der Waals surface area contributed by atoms with Crippen LogP contribution in [0.5, 0.6) is 5.75 Å². The molecule has 1 amide bonds. The fourth-order valence-electron chi connectivity index (χ4n) is 3.71. The van der Waals surface area contributed by atoms with Gasteiger partial charge in [-0.05, 0) is 49.2 Å². The number of para-hydroxylation sites is 2. The van der Waals surface area contributed by atoms with Crippen LogP contribution < -0.4 is 10.1 Å². The van der Waals surface area contributed by atoms with E-state index in [1.165, 1.54) is 0 Å². The number of hydrogen-bond donors (Lipinski definition) is 1. The molecule has 1 aliphatic rings. The maximum absolute atomic E-state index is 12.4. The van der Waals surface area contributed by atoms with Crippen molar-refractivity contribution in [3.8, 4) is 5.75 Å². The number of rotatable bonds is 6. The molecule has 1 atom stereocenters. The first-order valence-corrected chi connectivity index (χ1v) is 9.69. The molecule has 1 N–H and O–H groups in total. The van der Waals surface area contributed by atoms with Gasteiger partial charge in [0.1, 0.15) is 11.3 Å². The summed E-state index contributed by atoms with van der Waals surface area (Å²) in [6.07, 6.45) is 2.07. The van der Waals surface area contributed by atoms with Gasteiger partial charge in [0.25, 0.3) is 0 Å². The lowest BCUT2D eigenvalue weighted by atomic mass is 9.98. The van der Waals surface area contributed by atoms with Crippen molar-refractivity contribution in [1.82, 2.24) is 15.2 Å². The number of piperidine rings is 1. The van der Waals surface area contributed by atoms with Crippen LogP contribution in [0.2, 0.25) is 0 Å². The van der Waals surface area contributed by atoms with Crippen LogP contribution in [0.4, 0.5) is 0 Å². The molecule has 0 saturated carbocycles. The molecule has 6 nitrogen and oxygen atoms in total. The molecule has 1 aliphatic heterocycles. The Morgan fingerprint density at radius 3 is 3.04 bits per heavy atom. The average molecular weight is 379 g/mol. The van der Waals surface area contributed by atoms with Gasteiger partial charge in [0.2, 0.25) is 5.91 Å². The van der Waals surface area contributed by atoms with Crippen molar-refractivity contribution >= 4 is 17.0 Å². The quantitative estimate of drug-likeness (QED) is 0.712. The molecule has 0 aliphatic carbocycles. The summed E-state index contributed by atoms with van der Waals surface area (Å²) in [5.41, 5.74) is 2.74. The molecule has 3 aromatic rings. The first-order valence-electron chi connectivity index (χ1n) is 9.69. The minimum atomic E-state index is 0.0287. The first-order chi connectivity index (χ1) is 13.7. The summed E-state index contributed by atoms with van der Waals surface area (Å²) in [6.45, 7) is 2.60. The maximum Gasteiger partial charge on any atom is 0.234 e. The zero-order valence-electron chi connectivity index (χ0n) is 16.1. The smallest absolute Gasteiger partial charge is 0.234 e. The van der Waals surface area contributed by atoms with Crippen molar-refractivity contribution in [2.24, 2.45) is 0 Å². The second kappa shape index (κ2) is 8.44. The highest BCUT2D eigenvalue weighted by molar-refractivity contribution is 5.78. The molecule has 0 bridgehead atoms. The van der Waals surface area contributed by atoms with Crippen LogP contribution in [-0.4, -0.2) is 42.5 Å². The largest absolute Gasteiger partial charge is 0.497 e. The van der Waals surface area contributed by atoms with Gasteiger partial charge in [0.05, 0.1) is 13.7 Å². The average Bonchev–Trinajstić information content (AvgIpc) is 3.17. The Labute approximate surface area is 164 Å². The number of likely N-dealkylation sites (tertiary alicyclic amines) is 1. The molecule has 1 saturated heterocycles. The predicted octanol–water partition coefficient (Wildman–Crippen LogP) is 3.33. The molecule has 1 aromatic heterocycles. The summed E-state index contributed by atoms with van der Waals surface area (Å²) in [5, 5.41) is 3.00. The van der Waals surface area contributed by atoms with E-state index in [-0.39, 0.29) is 11.8 Å². The summed E-state index contributed by atoms with van der Waals surface area (Å²) in [6, 6.07) is 15.6. The number of aromatic nitrogens is 1. The van der Waals surface area contributed by atoms with E-state index in [0.29, 0.717) is 13.1 Å². The van der Waals surface area contributed by atoms with Crippen molar-refractivity contribution in [1.29, 1.82) is 0 Å². The molecule has 1 fully saturated rings. The lowest BCUT2D eigenvalue weighted by Crippen LogP contribution is -2.41. The molecular weight excluding hydrogens is 354 g/mol. The van der Waals surface area contributed by atoms with Crippen molar-refractivity contribution in [2.75, 3.05) is 26.7 Å². The van der Waals surface area contributed by atoms with Gasteiger partial charge in [-0.3, -0.25) is 9.69 Å². The number of carbonyl (C=O) groups excluding carboxylic acids is 1. The van der Waals surface area contributed by atoms with Gasteiger partial charge in [0, 0.05) is 19.0 Å². The topological polar surface area (TPSA) is 67.6 Å². The van der Waals surface area contributed by atoms with Crippen molar-refractivity contribution in [3.63, 3.8) is 0 Å². The van der Waals surface area contributed by atoms with Crippen molar-refractivity contribution in [2.45, 2.75) is 25.3 Å². The number of oxazole rings is 1. The van der Waals surface area contributed by atoms with E-state index in [0.717, 1.165) is 54.2 Å². The lowest BCUT2D eigenvalue weighted by Gasteiger charge is -2.30. The van der Waals surface area contributed by atoms with Crippen LogP contribution >= 0.6 is 0 Å². The Balaban J connectivity index is 1.32. The molecule has 0 radical (unpaired) electrons. The SMILES string of the molecule is COc1cccc(CNC(=O)CN2CCCC(c3nc4ccccc4o3)C2)c1. The van der Waals surface area contributed by atoms with E-state index in [1.807, 2.05) is 48.5 Å². The number of amides is 1. The van der Waals surface area contributed by atoms with Gasteiger partial charge in [0.15, 0.2) is 11.5 Å². The van der Waals surface area contributed by atoms with Gasteiger partial charge >= 0.3 is 0 Å². The highest BCUT2D eigenvalue weighted by atomic mass is 16.5. The molecular formula is C22H25N3O3. The van der Waals surface area contributed by atoms with Crippen LogP contribution in [0, 0.1) is 0 Å². The molecule has 4 rings (SSSR count). The number of ether oxygens (including phenoxy) is 1. The Morgan fingerprint density at radius 1 is 1.29 bits per heavy atom. The summed E-state index contributed by atoms with van der Waals surface area (Å²) < 4.78 is 11.2. The molecule has 6 heteroatoms. The van der Waals surface area contributed by atoms with Crippen LogP contribution in [0.3, 0.4) is 0 Å². The van der Waals surface area contributed by atoms with E-state index >= 15 is 0 Å². The second-order valence-corrected chi connectivity index (χ2v) is 7.22. The van der Waals surface area contributed by atoms with Gasteiger partial charge < -0.3 is 14.5 Å². The first kappa shape index (κ1) is 18.5. The van der Waals surface area contributed by atoms with Crippen molar-refractivity contribution in [3.05, 3.63) is 60.0 Å². The molecule has 2 heterocycles. The third-order valence-corrected chi connectivity index (χ3v) is 5.16. The normalized spacial score (nSPS) is 17.5. The van der Waals surface area contributed by atoms with Gasteiger partial charge in [-0.25, -0.2) is 4.98 Å². The van der Waals surface area contributed by atoms with Crippen LogP contribution in [-0.2, 0) is 11.3 Å². The molecule has 1 unspecified atom stereocenters. The number of fused-ring (bicyclic) bond motifs is 1. The molecule has 2 aromatic carbocycles. The predicted molar refractivity (Wildman–Crippen MR) is 107 cm³/mol. The zero-order valence-corrected chi connectivity index (χ0v) is 16.1. The summed E-state index contributed by atoms with van der Waals surface area (Å²) >= 11 is 0. The highest BCUT2D eigenvalue weighted by Gasteiger charge is 2.26. The number of hydrogen-bond acceptors (Lipinski definition) is 5.